The number of hydrogen-bond acceptors (Lipinski definition) is 5. The van der Waals surface area contributed by atoms with E-state index in [1.165, 1.54) is 4.90 Å². The van der Waals surface area contributed by atoms with Crippen molar-refractivity contribution in [2.75, 3.05) is 7.05 Å². The number of amides is 2. The van der Waals surface area contributed by atoms with Crippen molar-refractivity contribution in [1.82, 2.24) is 30.0 Å². The highest BCUT2D eigenvalue weighted by atomic mass is 16.2. The summed E-state index contributed by atoms with van der Waals surface area (Å²) in [5, 5.41) is 10.8. The van der Waals surface area contributed by atoms with Gasteiger partial charge in [-0.3, -0.25) is 9.59 Å². The zero-order chi connectivity index (χ0) is 17.3. The van der Waals surface area contributed by atoms with Gasteiger partial charge in [0, 0.05) is 12.7 Å². The van der Waals surface area contributed by atoms with Crippen LogP contribution in [0.5, 0.6) is 0 Å². The quantitative estimate of drug-likeness (QED) is 0.875. The van der Waals surface area contributed by atoms with E-state index in [0.717, 1.165) is 17.9 Å². The lowest BCUT2D eigenvalue weighted by Crippen LogP contribution is -2.53. The fourth-order valence-corrected chi connectivity index (χ4v) is 2.86. The van der Waals surface area contributed by atoms with Crippen LogP contribution < -0.4 is 5.32 Å². The molecule has 8 nitrogen and oxygen atoms in total. The molecule has 0 aromatic carbocycles. The molecule has 2 amide bonds. The molecule has 1 aliphatic rings. The summed E-state index contributed by atoms with van der Waals surface area (Å²) in [5.74, 6) is 0.921. The van der Waals surface area contributed by atoms with Gasteiger partial charge in [-0.1, -0.05) is 13.0 Å². The van der Waals surface area contributed by atoms with Crippen molar-refractivity contribution >= 4 is 11.8 Å². The number of nitrogens with one attached hydrogen (secondary N) is 1. The molecule has 0 bridgehead atoms. The Hall–Kier alpha value is -2.77. The van der Waals surface area contributed by atoms with Crippen molar-refractivity contribution in [1.29, 1.82) is 0 Å². The number of pyridine rings is 1. The molecule has 1 atom stereocenters. The summed E-state index contributed by atoms with van der Waals surface area (Å²) in [6.45, 7) is 4.39. The maximum atomic E-state index is 12.9. The van der Waals surface area contributed by atoms with Gasteiger partial charge < -0.3 is 14.8 Å². The largest absolute Gasteiger partial charge is 0.357 e. The summed E-state index contributed by atoms with van der Waals surface area (Å²) < 4.78 is 1.87. The molecule has 2 aromatic heterocycles. The summed E-state index contributed by atoms with van der Waals surface area (Å²) in [4.78, 5) is 31.1. The molecular formula is C16H20N6O2. The summed E-state index contributed by atoms with van der Waals surface area (Å²) >= 11 is 0. The normalized spacial score (nSPS) is 16.6. The van der Waals surface area contributed by atoms with Crippen molar-refractivity contribution in [2.45, 2.75) is 39.4 Å². The van der Waals surface area contributed by atoms with Gasteiger partial charge in [0.15, 0.2) is 5.82 Å². The van der Waals surface area contributed by atoms with E-state index in [2.05, 4.69) is 20.5 Å². The van der Waals surface area contributed by atoms with Gasteiger partial charge in [0.25, 0.3) is 5.91 Å². The van der Waals surface area contributed by atoms with Gasteiger partial charge >= 0.3 is 0 Å². The standard InChI is InChI=1S/C16H20N6O2/c1-4-11-6-5-7-12(18-11)16(24)22-9-14-20-19-10(2)21(14)8-13(22)15(23)17-3/h5-7,13H,4,8-9H2,1-3H3,(H,17,23). The topological polar surface area (TPSA) is 93.0 Å². The molecule has 1 N–H and O–H groups in total. The predicted molar refractivity (Wildman–Crippen MR) is 86.1 cm³/mol. The Morgan fingerprint density at radius 1 is 1.33 bits per heavy atom. The number of hydrogen-bond donors (Lipinski definition) is 1. The Kier molecular flexibility index (Phi) is 4.28. The van der Waals surface area contributed by atoms with Gasteiger partial charge in [-0.05, 0) is 25.5 Å². The maximum absolute atomic E-state index is 12.9. The molecular weight excluding hydrogens is 308 g/mol. The number of fused-ring (bicyclic) bond motifs is 1. The molecule has 0 spiro atoms. The van der Waals surface area contributed by atoms with Gasteiger partial charge in [0.05, 0.1) is 13.1 Å². The van der Waals surface area contributed by atoms with Crippen LogP contribution in [-0.2, 0) is 24.3 Å². The second-order valence-electron chi connectivity index (χ2n) is 5.70. The van der Waals surface area contributed by atoms with E-state index >= 15 is 0 Å². The third kappa shape index (κ3) is 2.75. The average Bonchev–Trinajstić information content (AvgIpc) is 2.99. The van der Waals surface area contributed by atoms with Gasteiger partial charge in [-0.25, -0.2) is 4.98 Å². The van der Waals surface area contributed by atoms with Crippen molar-refractivity contribution in [3.05, 3.63) is 41.2 Å². The molecule has 0 saturated carbocycles. The average molecular weight is 328 g/mol. The lowest BCUT2D eigenvalue weighted by Gasteiger charge is -2.34. The van der Waals surface area contributed by atoms with E-state index in [1.54, 1.807) is 13.1 Å². The van der Waals surface area contributed by atoms with E-state index in [4.69, 9.17) is 0 Å². The predicted octanol–water partition coefficient (Wildman–Crippen LogP) is 0.315. The SMILES string of the molecule is CCc1cccc(C(=O)N2Cc3nnc(C)n3CC2C(=O)NC)n1. The number of aromatic nitrogens is 4. The summed E-state index contributed by atoms with van der Waals surface area (Å²) in [5.41, 5.74) is 1.18. The van der Waals surface area contributed by atoms with Crippen LogP contribution in [0.4, 0.5) is 0 Å². The minimum Gasteiger partial charge on any atom is -0.357 e. The minimum absolute atomic E-state index is 0.214. The van der Waals surface area contributed by atoms with Gasteiger partial charge in [-0.2, -0.15) is 0 Å². The lowest BCUT2D eigenvalue weighted by atomic mass is 10.1. The molecule has 1 aliphatic heterocycles. The number of aryl methyl sites for hydroxylation is 2. The molecule has 8 heteroatoms. The van der Waals surface area contributed by atoms with Crippen LogP contribution in [0.1, 0.15) is 34.8 Å². The number of carbonyl (C=O) groups excluding carboxylic acids is 2. The molecule has 3 rings (SSSR count). The van der Waals surface area contributed by atoms with Gasteiger partial charge in [-0.15, -0.1) is 10.2 Å². The molecule has 1 unspecified atom stereocenters. The fourth-order valence-electron chi connectivity index (χ4n) is 2.86. The molecule has 0 saturated heterocycles. The molecule has 126 valence electrons. The first-order valence-electron chi connectivity index (χ1n) is 7.92. The lowest BCUT2D eigenvalue weighted by molar-refractivity contribution is -0.126. The fraction of sp³-hybridized carbons (Fsp3) is 0.438. The van der Waals surface area contributed by atoms with Crippen molar-refractivity contribution < 1.29 is 9.59 Å². The van der Waals surface area contributed by atoms with Gasteiger partial charge in [0.1, 0.15) is 17.6 Å². The highest BCUT2D eigenvalue weighted by Crippen LogP contribution is 2.20. The van der Waals surface area contributed by atoms with E-state index < -0.39 is 6.04 Å². The summed E-state index contributed by atoms with van der Waals surface area (Å²) in [7, 11) is 1.56. The van der Waals surface area contributed by atoms with E-state index in [0.29, 0.717) is 18.1 Å². The first-order valence-corrected chi connectivity index (χ1v) is 7.92. The Bertz CT molecular complexity index is 785. The van der Waals surface area contributed by atoms with E-state index in [-0.39, 0.29) is 18.4 Å². The van der Waals surface area contributed by atoms with E-state index in [1.807, 2.05) is 30.5 Å². The maximum Gasteiger partial charge on any atom is 0.273 e. The highest BCUT2D eigenvalue weighted by molar-refractivity contribution is 5.96. The molecule has 0 aliphatic carbocycles. The first kappa shape index (κ1) is 16.1. The monoisotopic (exact) mass is 328 g/mol. The Labute approximate surface area is 139 Å². The summed E-state index contributed by atoms with van der Waals surface area (Å²) in [6, 6.07) is 4.75. The second-order valence-corrected chi connectivity index (χ2v) is 5.70. The number of nitrogens with zero attached hydrogens (tertiary/aromatic N) is 5. The molecule has 2 aromatic rings. The van der Waals surface area contributed by atoms with Crippen LogP contribution >= 0.6 is 0 Å². The minimum atomic E-state index is -0.614. The molecule has 0 fully saturated rings. The smallest absolute Gasteiger partial charge is 0.273 e. The third-order valence-electron chi connectivity index (χ3n) is 4.25. The van der Waals surface area contributed by atoms with Crippen LogP contribution in [0.25, 0.3) is 0 Å². The zero-order valence-electron chi connectivity index (χ0n) is 14.0. The third-order valence-corrected chi connectivity index (χ3v) is 4.25. The highest BCUT2D eigenvalue weighted by Gasteiger charge is 2.36. The Morgan fingerprint density at radius 2 is 2.12 bits per heavy atom. The van der Waals surface area contributed by atoms with Crippen molar-refractivity contribution in [3.63, 3.8) is 0 Å². The summed E-state index contributed by atoms with van der Waals surface area (Å²) in [6.07, 6.45) is 0.744. The van der Waals surface area contributed by atoms with Crippen LogP contribution in [-0.4, -0.2) is 49.6 Å². The Balaban J connectivity index is 1.96. The van der Waals surface area contributed by atoms with Gasteiger partial charge in [0.2, 0.25) is 5.91 Å². The Morgan fingerprint density at radius 3 is 2.83 bits per heavy atom. The van der Waals surface area contributed by atoms with Crippen LogP contribution in [0.3, 0.4) is 0 Å². The zero-order valence-corrected chi connectivity index (χ0v) is 14.0. The molecule has 24 heavy (non-hydrogen) atoms. The first-order chi connectivity index (χ1) is 11.5. The number of carbonyl (C=O) groups is 2. The van der Waals surface area contributed by atoms with Crippen LogP contribution in [0, 0.1) is 6.92 Å². The number of likely N-dealkylation sites (N-methyl/N-ethyl adjacent to an activating group) is 1. The van der Waals surface area contributed by atoms with Crippen molar-refractivity contribution in [2.24, 2.45) is 0 Å². The molecule has 3 heterocycles. The van der Waals surface area contributed by atoms with E-state index in [9.17, 15) is 9.59 Å². The van der Waals surface area contributed by atoms with Crippen LogP contribution in [0.2, 0.25) is 0 Å². The molecule has 0 radical (unpaired) electrons. The van der Waals surface area contributed by atoms with Crippen LogP contribution in [0.15, 0.2) is 18.2 Å². The van der Waals surface area contributed by atoms with Crippen molar-refractivity contribution in [3.8, 4) is 0 Å². The number of rotatable bonds is 3. The second kappa shape index (κ2) is 6.38.